The first-order valence-electron chi connectivity index (χ1n) is 4.94. The number of amides is 1. The normalized spacial score (nSPS) is 22.7. The van der Waals surface area contributed by atoms with Crippen molar-refractivity contribution in [1.82, 2.24) is 10.6 Å². The fraction of sp³-hybridized carbons (Fsp3) is 0.889. The highest BCUT2D eigenvalue weighted by Gasteiger charge is 2.15. The van der Waals surface area contributed by atoms with Crippen molar-refractivity contribution in [3.63, 3.8) is 0 Å². The number of rotatable bonds is 4. The Balaban J connectivity index is 2.11. The molecule has 0 aliphatic carbocycles. The summed E-state index contributed by atoms with van der Waals surface area (Å²) in [6, 6.07) is 0.340. The molecular weight excluding hydrogens is 168 g/mol. The quantitative estimate of drug-likeness (QED) is 0.561. The van der Waals surface area contributed by atoms with Crippen molar-refractivity contribution in [2.24, 2.45) is 0 Å². The third kappa shape index (κ3) is 4.24. The van der Waals surface area contributed by atoms with Crippen molar-refractivity contribution in [3.8, 4) is 0 Å². The van der Waals surface area contributed by atoms with E-state index < -0.39 is 0 Å². The molecule has 4 heteroatoms. The molecule has 0 aromatic carbocycles. The van der Waals surface area contributed by atoms with Gasteiger partial charge in [0.25, 0.3) is 0 Å². The molecule has 0 radical (unpaired) electrons. The Kier molecular flexibility index (Phi) is 4.78. The van der Waals surface area contributed by atoms with E-state index in [2.05, 4.69) is 10.6 Å². The summed E-state index contributed by atoms with van der Waals surface area (Å²) in [7, 11) is 0. The second kappa shape index (κ2) is 5.94. The second-order valence-electron chi connectivity index (χ2n) is 3.42. The van der Waals surface area contributed by atoms with Crippen LogP contribution in [0.5, 0.6) is 0 Å². The van der Waals surface area contributed by atoms with Gasteiger partial charge < -0.3 is 15.7 Å². The zero-order chi connectivity index (χ0) is 9.52. The SMILES string of the molecule is O=C(CC1CCCCN1)NCCO. The molecule has 0 saturated carbocycles. The van der Waals surface area contributed by atoms with E-state index >= 15 is 0 Å². The van der Waals surface area contributed by atoms with Gasteiger partial charge in [-0.25, -0.2) is 0 Å². The Morgan fingerprint density at radius 1 is 1.54 bits per heavy atom. The number of hydrogen-bond donors (Lipinski definition) is 3. The molecular formula is C9H18N2O2. The van der Waals surface area contributed by atoms with Crippen molar-refractivity contribution < 1.29 is 9.90 Å². The van der Waals surface area contributed by atoms with Crippen LogP contribution in [0.25, 0.3) is 0 Å². The van der Waals surface area contributed by atoms with Gasteiger partial charge in [0.1, 0.15) is 0 Å². The van der Waals surface area contributed by atoms with E-state index in [1.54, 1.807) is 0 Å². The Morgan fingerprint density at radius 2 is 2.38 bits per heavy atom. The lowest BCUT2D eigenvalue weighted by atomic mass is 10.0. The maximum Gasteiger partial charge on any atom is 0.221 e. The molecule has 1 unspecified atom stereocenters. The van der Waals surface area contributed by atoms with Gasteiger partial charge in [0.05, 0.1) is 6.61 Å². The van der Waals surface area contributed by atoms with E-state index in [9.17, 15) is 4.79 Å². The summed E-state index contributed by atoms with van der Waals surface area (Å²) < 4.78 is 0. The zero-order valence-electron chi connectivity index (χ0n) is 7.88. The zero-order valence-corrected chi connectivity index (χ0v) is 7.88. The topological polar surface area (TPSA) is 61.4 Å². The van der Waals surface area contributed by atoms with Crippen LogP contribution in [0.1, 0.15) is 25.7 Å². The highest BCUT2D eigenvalue weighted by atomic mass is 16.3. The van der Waals surface area contributed by atoms with Crippen molar-refractivity contribution in [3.05, 3.63) is 0 Å². The third-order valence-corrected chi connectivity index (χ3v) is 2.28. The maximum absolute atomic E-state index is 11.2. The van der Waals surface area contributed by atoms with Crippen LogP contribution < -0.4 is 10.6 Å². The van der Waals surface area contributed by atoms with Crippen molar-refractivity contribution in [2.75, 3.05) is 19.7 Å². The highest BCUT2D eigenvalue weighted by Crippen LogP contribution is 2.09. The largest absolute Gasteiger partial charge is 0.395 e. The minimum atomic E-state index is 0.0177. The van der Waals surface area contributed by atoms with Gasteiger partial charge in [-0.15, -0.1) is 0 Å². The third-order valence-electron chi connectivity index (χ3n) is 2.28. The smallest absolute Gasteiger partial charge is 0.221 e. The molecule has 0 spiro atoms. The van der Waals surface area contributed by atoms with Crippen LogP contribution in [0.2, 0.25) is 0 Å². The molecule has 3 N–H and O–H groups in total. The van der Waals surface area contributed by atoms with E-state index in [1.165, 1.54) is 12.8 Å². The van der Waals surface area contributed by atoms with E-state index in [0.29, 0.717) is 19.0 Å². The van der Waals surface area contributed by atoms with Gasteiger partial charge in [-0.3, -0.25) is 4.79 Å². The molecule has 1 heterocycles. The molecule has 76 valence electrons. The van der Waals surface area contributed by atoms with Gasteiger partial charge in [-0.1, -0.05) is 6.42 Å². The summed E-state index contributed by atoms with van der Waals surface area (Å²) in [5.74, 6) is 0.0356. The second-order valence-corrected chi connectivity index (χ2v) is 3.42. The molecule has 0 aromatic heterocycles. The maximum atomic E-state index is 11.2. The van der Waals surface area contributed by atoms with E-state index in [4.69, 9.17) is 5.11 Å². The number of carbonyl (C=O) groups excluding carboxylic acids is 1. The molecule has 0 aromatic rings. The Morgan fingerprint density at radius 3 is 3.00 bits per heavy atom. The van der Waals surface area contributed by atoms with Crippen LogP contribution in [0, 0.1) is 0 Å². The number of nitrogens with one attached hydrogen (secondary N) is 2. The van der Waals surface area contributed by atoms with Gasteiger partial charge in [-0.05, 0) is 19.4 Å². The first-order chi connectivity index (χ1) is 6.33. The Labute approximate surface area is 78.7 Å². The van der Waals surface area contributed by atoms with Gasteiger partial charge in [0.2, 0.25) is 5.91 Å². The standard InChI is InChI=1S/C9H18N2O2/c12-6-5-11-9(13)7-8-3-1-2-4-10-8/h8,10,12H,1-7H2,(H,11,13). The van der Waals surface area contributed by atoms with Gasteiger partial charge in [0.15, 0.2) is 0 Å². The lowest BCUT2D eigenvalue weighted by molar-refractivity contribution is -0.121. The van der Waals surface area contributed by atoms with Crippen molar-refractivity contribution in [1.29, 1.82) is 0 Å². The molecule has 1 aliphatic rings. The number of carbonyl (C=O) groups is 1. The number of hydrogen-bond acceptors (Lipinski definition) is 3. The predicted molar refractivity (Wildman–Crippen MR) is 50.4 cm³/mol. The predicted octanol–water partition coefficient (Wildman–Crippen LogP) is -0.373. The minimum absolute atomic E-state index is 0.0177. The summed E-state index contributed by atoms with van der Waals surface area (Å²) in [6.45, 7) is 1.41. The molecule has 1 fully saturated rings. The lowest BCUT2D eigenvalue weighted by Crippen LogP contribution is -2.39. The molecule has 13 heavy (non-hydrogen) atoms. The summed E-state index contributed by atoms with van der Waals surface area (Å²) in [6.07, 6.45) is 4.06. The molecule has 1 saturated heterocycles. The molecule has 1 rings (SSSR count). The fourth-order valence-electron chi connectivity index (χ4n) is 1.59. The summed E-state index contributed by atoms with van der Waals surface area (Å²) >= 11 is 0. The highest BCUT2D eigenvalue weighted by molar-refractivity contribution is 5.76. The van der Waals surface area contributed by atoms with Crippen LogP contribution in [0.4, 0.5) is 0 Å². The fourth-order valence-corrected chi connectivity index (χ4v) is 1.59. The van der Waals surface area contributed by atoms with Crippen LogP contribution >= 0.6 is 0 Å². The first kappa shape index (κ1) is 10.5. The average molecular weight is 186 g/mol. The van der Waals surface area contributed by atoms with Gasteiger partial charge in [0, 0.05) is 19.0 Å². The van der Waals surface area contributed by atoms with Crippen LogP contribution in [0.3, 0.4) is 0 Å². The summed E-state index contributed by atoms with van der Waals surface area (Å²) in [5, 5.41) is 14.4. The Bertz CT molecular complexity index is 156. The van der Waals surface area contributed by atoms with E-state index in [-0.39, 0.29) is 12.5 Å². The monoisotopic (exact) mass is 186 g/mol. The number of aliphatic hydroxyl groups is 1. The van der Waals surface area contributed by atoms with Crippen molar-refractivity contribution >= 4 is 5.91 Å². The molecule has 1 amide bonds. The van der Waals surface area contributed by atoms with Crippen molar-refractivity contribution in [2.45, 2.75) is 31.7 Å². The van der Waals surface area contributed by atoms with E-state index in [0.717, 1.165) is 13.0 Å². The first-order valence-corrected chi connectivity index (χ1v) is 4.94. The molecule has 4 nitrogen and oxygen atoms in total. The van der Waals surface area contributed by atoms with E-state index in [1.807, 2.05) is 0 Å². The summed E-state index contributed by atoms with van der Waals surface area (Å²) in [5.41, 5.74) is 0. The minimum Gasteiger partial charge on any atom is -0.395 e. The van der Waals surface area contributed by atoms with Crippen LogP contribution in [-0.2, 0) is 4.79 Å². The lowest BCUT2D eigenvalue weighted by Gasteiger charge is -2.22. The summed E-state index contributed by atoms with van der Waals surface area (Å²) in [4.78, 5) is 11.2. The number of aliphatic hydroxyl groups excluding tert-OH is 1. The molecule has 0 bridgehead atoms. The Hall–Kier alpha value is -0.610. The molecule has 1 aliphatic heterocycles. The average Bonchev–Trinajstić information content (AvgIpc) is 2.16. The number of piperidine rings is 1. The van der Waals surface area contributed by atoms with Crippen LogP contribution in [-0.4, -0.2) is 36.8 Å². The molecule has 1 atom stereocenters. The van der Waals surface area contributed by atoms with Gasteiger partial charge >= 0.3 is 0 Å². The van der Waals surface area contributed by atoms with Gasteiger partial charge in [-0.2, -0.15) is 0 Å². The van der Waals surface area contributed by atoms with Crippen LogP contribution in [0.15, 0.2) is 0 Å².